The maximum atomic E-state index is 12.9. The van der Waals surface area contributed by atoms with Crippen LogP contribution in [0, 0.1) is 11.6 Å². The lowest BCUT2D eigenvalue weighted by Crippen LogP contribution is -2.37. The van der Waals surface area contributed by atoms with Crippen LogP contribution in [0.1, 0.15) is 12.5 Å². The van der Waals surface area contributed by atoms with E-state index in [1.807, 2.05) is 0 Å². The van der Waals surface area contributed by atoms with Crippen molar-refractivity contribution in [3.8, 4) is 0 Å². The maximum Gasteiger partial charge on any atom is 0.159 e. The van der Waals surface area contributed by atoms with Crippen molar-refractivity contribution in [3.63, 3.8) is 0 Å². The van der Waals surface area contributed by atoms with E-state index in [9.17, 15) is 8.78 Å². The smallest absolute Gasteiger partial charge is 0.159 e. The highest BCUT2D eigenvalue weighted by atomic mass is 28.3. The Bertz CT molecular complexity index is 330. The van der Waals surface area contributed by atoms with E-state index >= 15 is 0 Å². The molecule has 0 amide bonds. The van der Waals surface area contributed by atoms with Crippen molar-refractivity contribution in [1.29, 1.82) is 0 Å². The van der Waals surface area contributed by atoms with E-state index in [0.717, 1.165) is 17.7 Å². The number of halogens is 2. The molecule has 0 bridgehead atoms. The van der Waals surface area contributed by atoms with Gasteiger partial charge >= 0.3 is 0 Å². The van der Waals surface area contributed by atoms with Gasteiger partial charge in [0, 0.05) is 0 Å². The van der Waals surface area contributed by atoms with Crippen molar-refractivity contribution in [2.75, 3.05) is 0 Å². The largest absolute Gasteiger partial charge is 0.330 e. The number of hydrogen-bond acceptors (Lipinski definition) is 1. The third-order valence-corrected chi connectivity index (χ3v) is 5.22. The van der Waals surface area contributed by atoms with Crippen LogP contribution in [0.3, 0.4) is 0 Å². The van der Waals surface area contributed by atoms with E-state index in [1.165, 1.54) is 6.07 Å². The van der Waals surface area contributed by atoms with Crippen molar-refractivity contribution < 1.29 is 8.78 Å². The summed E-state index contributed by atoms with van der Waals surface area (Å²) in [5.41, 5.74) is 6.86. The van der Waals surface area contributed by atoms with Gasteiger partial charge in [-0.2, -0.15) is 0 Å². The number of nitrogens with two attached hydrogens (primary N) is 1. The molecule has 0 aliphatic heterocycles. The van der Waals surface area contributed by atoms with E-state index in [-0.39, 0.29) is 5.67 Å². The van der Waals surface area contributed by atoms with E-state index < -0.39 is 20.4 Å². The molecule has 0 spiro atoms. The molecule has 1 aromatic carbocycles. The first-order valence-electron chi connectivity index (χ1n) is 5.06. The van der Waals surface area contributed by atoms with E-state index in [0.29, 0.717) is 6.42 Å². The Balaban J connectivity index is 2.68. The van der Waals surface area contributed by atoms with Gasteiger partial charge < -0.3 is 5.73 Å². The summed E-state index contributed by atoms with van der Waals surface area (Å²) in [5.74, 6) is -1.59. The fraction of sp³-hybridized carbons (Fsp3) is 0.455. The van der Waals surface area contributed by atoms with Gasteiger partial charge in [0.15, 0.2) is 11.6 Å². The third kappa shape index (κ3) is 3.39. The Morgan fingerprint density at radius 2 is 2.00 bits per heavy atom. The molecule has 0 heterocycles. The zero-order valence-corrected chi connectivity index (χ0v) is 10.1. The molecule has 0 fully saturated rings. The third-order valence-electron chi connectivity index (χ3n) is 2.63. The van der Waals surface area contributed by atoms with Gasteiger partial charge in [0.1, 0.15) is 0 Å². The Morgan fingerprint density at radius 1 is 1.33 bits per heavy atom. The van der Waals surface area contributed by atoms with Gasteiger partial charge in [-0.3, -0.25) is 0 Å². The van der Waals surface area contributed by atoms with E-state index in [1.54, 1.807) is 6.07 Å². The van der Waals surface area contributed by atoms with Gasteiger partial charge in [-0.25, -0.2) is 8.78 Å². The van der Waals surface area contributed by atoms with Crippen molar-refractivity contribution >= 4 is 8.80 Å². The Hall–Kier alpha value is -0.743. The maximum absolute atomic E-state index is 12.9. The van der Waals surface area contributed by atoms with Crippen molar-refractivity contribution in [1.82, 2.24) is 0 Å². The van der Waals surface area contributed by atoms with Gasteiger partial charge in [0.25, 0.3) is 0 Å². The first kappa shape index (κ1) is 12.3. The Morgan fingerprint density at radius 3 is 2.53 bits per heavy atom. The highest BCUT2D eigenvalue weighted by molar-refractivity contribution is 6.58. The van der Waals surface area contributed by atoms with Crippen molar-refractivity contribution in [2.24, 2.45) is 5.73 Å². The molecule has 1 nitrogen and oxygen atoms in total. The molecule has 1 radical (unpaired) electrons. The predicted molar refractivity (Wildman–Crippen MR) is 60.1 cm³/mol. The molecule has 0 saturated heterocycles. The van der Waals surface area contributed by atoms with Crippen LogP contribution in [0.25, 0.3) is 0 Å². The zero-order valence-electron chi connectivity index (χ0n) is 9.06. The molecule has 83 valence electrons. The summed E-state index contributed by atoms with van der Waals surface area (Å²) in [4.78, 5) is 0. The standard InChI is InChI=1S/C11H16F2NSi/c1-3-15(2)11(14)7-8-4-5-9(12)10(13)6-8/h4-6,11H,3,7,14H2,1-2H3. The van der Waals surface area contributed by atoms with Crippen LogP contribution in [0.4, 0.5) is 8.78 Å². The summed E-state index contributed by atoms with van der Waals surface area (Å²) >= 11 is 0. The Labute approximate surface area is 90.9 Å². The van der Waals surface area contributed by atoms with Gasteiger partial charge in [-0.05, 0) is 29.8 Å². The van der Waals surface area contributed by atoms with Gasteiger partial charge in [0.05, 0.1) is 8.80 Å². The molecule has 0 aliphatic carbocycles. The molecular weight excluding hydrogens is 212 g/mol. The molecular formula is C11H16F2NSi. The summed E-state index contributed by atoms with van der Waals surface area (Å²) in [6.07, 6.45) is 0.635. The van der Waals surface area contributed by atoms with Crippen LogP contribution in [0.5, 0.6) is 0 Å². The molecule has 1 aromatic rings. The second kappa shape index (κ2) is 5.37. The number of benzene rings is 1. The van der Waals surface area contributed by atoms with Crippen LogP contribution in [-0.4, -0.2) is 14.5 Å². The summed E-state index contributed by atoms with van der Waals surface area (Å²) in [6.45, 7) is 4.27. The SMILES string of the molecule is CC[Si](C)C(N)Cc1ccc(F)c(F)c1. The summed E-state index contributed by atoms with van der Waals surface area (Å²) in [5, 5.41) is 0. The molecule has 0 aliphatic rings. The lowest BCUT2D eigenvalue weighted by molar-refractivity contribution is 0.507. The molecule has 1 rings (SSSR count). The highest BCUT2D eigenvalue weighted by Crippen LogP contribution is 2.11. The van der Waals surface area contributed by atoms with E-state index in [4.69, 9.17) is 5.73 Å². The molecule has 0 aromatic heterocycles. The second-order valence-electron chi connectivity index (χ2n) is 3.76. The first-order valence-corrected chi connectivity index (χ1v) is 7.34. The van der Waals surface area contributed by atoms with Crippen LogP contribution < -0.4 is 5.73 Å². The fourth-order valence-corrected chi connectivity index (χ4v) is 2.47. The molecule has 4 heteroatoms. The monoisotopic (exact) mass is 228 g/mol. The lowest BCUT2D eigenvalue weighted by Gasteiger charge is -2.16. The molecule has 1 atom stereocenters. The molecule has 15 heavy (non-hydrogen) atoms. The van der Waals surface area contributed by atoms with Crippen LogP contribution >= 0.6 is 0 Å². The quantitative estimate of drug-likeness (QED) is 0.787. The minimum Gasteiger partial charge on any atom is -0.330 e. The minimum absolute atomic E-state index is 0.102. The summed E-state index contributed by atoms with van der Waals surface area (Å²) < 4.78 is 25.6. The first-order chi connectivity index (χ1) is 7.04. The summed E-state index contributed by atoms with van der Waals surface area (Å²) in [6, 6.07) is 5.09. The molecule has 1 unspecified atom stereocenters. The normalized spacial score (nSPS) is 13.2. The zero-order chi connectivity index (χ0) is 11.4. The van der Waals surface area contributed by atoms with Crippen LogP contribution in [0.15, 0.2) is 18.2 Å². The Kier molecular flexibility index (Phi) is 4.41. The minimum atomic E-state index is -0.801. The topological polar surface area (TPSA) is 26.0 Å². The summed E-state index contributed by atoms with van der Waals surface area (Å²) in [7, 11) is -0.565. The highest BCUT2D eigenvalue weighted by Gasteiger charge is 2.13. The fourth-order valence-electron chi connectivity index (χ4n) is 1.36. The van der Waals surface area contributed by atoms with Crippen LogP contribution in [-0.2, 0) is 6.42 Å². The second-order valence-corrected chi connectivity index (χ2v) is 6.90. The van der Waals surface area contributed by atoms with Gasteiger partial charge in [-0.15, -0.1) is 0 Å². The predicted octanol–water partition coefficient (Wildman–Crippen LogP) is 2.52. The average molecular weight is 228 g/mol. The van der Waals surface area contributed by atoms with Gasteiger partial charge in [0.2, 0.25) is 0 Å². The number of rotatable bonds is 4. The lowest BCUT2D eigenvalue weighted by atomic mass is 10.1. The van der Waals surface area contributed by atoms with E-state index in [2.05, 4.69) is 13.5 Å². The number of hydrogen-bond donors (Lipinski definition) is 1. The van der Waals surface area contributed by atoms with Crippen molar-refractivity contribution in [2.45, 2.75) is 31.6 Å². The molecule has 2 N–H and O–H groups in total. The van der Waals surface area contributed by atoms with Crippen LogP contribution in [0.2, 0.25) is 12.6 Å². The average Bonchev–Trinajstić information content (AvgIpc) is 2.22. The molecule has 0 saturated carbocycles. The van der Waals surface area contributed by atoms with Crippen molar-refractivity contribution in [3.05, 3.63) is 35.4 Å². The van der Waals surface area contributed by atoms with Gasteiger partial charge in [-0.1, -0.05) is 25.6 Å².